The third-order valence-corrected chi connectivity index (χ3v) is 4.40. The maximum Gasteiger partial charge on any atom is 0.231 e. The second-order valence-electron chi connectivity index (χ2n) is 6.03. The number of nitrogens with zero attached hydrogens (tertiary/aromatic N) is 6. The van der Waals surface area contributed by atoms with Crippen molar-refractivity contribution in [2.24, 2.45) is 0 Å². The predicted octanol–water partition coefficient (Wildman–Crippen LogP) is 1.90. The summed E-state index contributed by atoms with van der Waals surface area (Å²) in [6.07, 6.45) is 0. The third kappa shape index (κ3) is 3.55. The summed E-state index contributed by atoms with van der Waals surface area (Å²) in [5.41, 5.74) is 0.0900. The van der Waals surface area contributed by atoms with Crippen molar-refractivity contribution in [3.05, 3.63) is 5.28 Å². The summed E-state index contributed by atoms with van der Waals surface area (Å²) in [4.78, 5) is 19.8. The molecule has 0 bridgehead atoms. The fourth-order valence-corrected chi connectivity index (χ4v) is 2.68. The fourth-order valence-electron chi connectivity index (χ4n) is 2.53. The van der Waals surface area contributed by atoms with Crippen molar-refractivity contribution in [1.29, 1.82) is 0 Å². The molecule has 1 saturated heterocycles. The molecule has 0 aromatic carbocycles. The zero-order valence-electron chi connectivity index (χ0n) is 13.6. The molecular formula is C14H25ClN6. The quantitative estimate of drug-likeness (QED) is 0.846. The lowest BCUT2D eigenvalue weighted by Gasteiger charge is -2.45. The molecule has 21 heavy (non-hydrogen) atoms. The zero-order valence-corrected chi connectivity index (χ0v) is 14.4. The van der Waals surface area contributed by atoms with Gasteiger partial charge < -0.3 is 9.80 Å². The lowest BCUT2D eigenvalue weighted by molar-refractivity contribution is 0.138. The van der Waals surface area contributed by atoms with Crippen molar-refractivity contribution in [3.8, 4) is 0 Å². The van der Waals surface area contributed by atoms with Crippen molar-refractivity contribution < 1.29 is 0 Å². The number of halogens is 1. The minimum absolute atomic E-state index is 0.0900. The Morgan fingerprint density at radius 3 is 2.38 bits per heavy atom. The summed E-state index contributed by atoms with van der Waals surface area (Å²) in [6.45, 7) is 13.1. The van der Waals surface area contributed by atoms with Gasteiger partial charge >= 0.3 is 0 Å². The molecule has 1 aliphatic heterocycles. The van der Waals surface area contributed by atoms with E-state index in [-0.39, 0.29) is 10.8 Å². The van der Waals surface area contributed by atoms with Crippen molar-refractivity contribution in [3.63, 3.8) is 0 Å². The van der Waals surface area contributed by atoms with E-state index in [1.165, 1.54) is 0 Å². The van der Waals surface area contributed by atoms with Gasteiger partial charge in [0, 0.05) is 38.3 Å². The van der Waals surface area contributed by atoms with Crippen LogP contribution >= 0.6 is 11.6 Å². The first-order valence-corrected chi connectivity index (χ1v) is 7.88. The van der Waals surface area contributed by atoms with Gasteiger partial charge in [0.25, 0.3) is 0 Å². The maximum absolute atomic E-state index is 6.10. The van der Waals surface area contributed by atoms with Gasteiger partial charge in [0.1, 0.15) is 0 Å². The average molecular weight is 313 g/mol. The average Bonchev–Trinajstić information content (AvgIpc) is 2.42. The molecule has 7 heteroatoms. The van der Waals surface area contributed by atoms with Crippen LogP contribution in [0.15, 0.2) is 0 Å². The van der Waals surface area contributed by atoms with Gasteiger partial charge in [-0.3, -0.25) is 4.90 Å². The lowest BCUT2D eigenvalue weighted by Crippen LogP contribution is -2.58. The van der Waals surface area contributed by atoms with Crippen LogP contribution < -0.4 is 9.80 Å². The van der Waals surface area contributed by atoms with Crippen LogP contribution in [0.25, 0.3) is 0 Å². The molecule has 0 amide bonds. The van der Waals surface area contributed by atoms with Gasteiger partial charge in [0.15, 0.2) is 0 Å². The Morgan fingerprint density at radius 2 is 1.81 bits per heavy atom. The Hall–Kier alpha value is -1.14. The molecular weight excluding hydrogens is 288 g/mol. The van der Waals surface area contributed by atoms with E-state index in [0.29, 0.717) is 11.9 Å². The zero-order chi connectivity index (χ0) is 15.6. The molecule has 6 nitrogen and oxygen atoms in total. The highest BCUT2D eigenvalue weighted by Gasteiger charge is 2.32. The van der Waals surface area contributed by atoms with E-state index in [4.69, 9.17) is 11.6 Å². The van der Waals surface area contributed by atoms with Crippen molar-refractivity contribution >= 4 is 23.5 Å². The molecule has 0 aliphatic carbocycles. The number of rotatable bonds is 4. The van der Waals surface area contributed by atoms with Crippen LogP contribution in [0.1, 0.15) is 27.7 Å². The summed E-state index contributed by atoms with van der Waals surface area (Å²) in [5, 5.41) is 0.263. The van der Waals surface area contributed by atoms with E-state index in [9.17, 15) is 0 Å². The Balaban J connectivity index is 2.28. The van der Waals surface area contributed by atoms with Crippen molar-refractivity contribution in [1.82, 2.24) is 19.9 Å². The topological polar surface area (TPSA) is 48.4 Å². The second kappa shape index (κ2) is 6.32. The summed E-state index contributed by atoms with van der Waals surface area (Å²) >= 11 is 6.10. The Morgan fingerprint density at radius 1 is 1.14 bits per heavy atom. The van der Waals surface area contributed by atoms with E-state index >= 15 is 0 Å². The van der Waals surface area contributed by atoms with Crippen LogP contribution in [0.4, 0.5) is 11.9 Å². The summed E-state index contributed by atoms with van der Waals surface area (Å²) in [7, 11) is 2.15. The molecule has 0 spiro atoms. The Bertz CT molecular complexity index is 488. The van der Waals surface area contributed by atoms with E-state index in [1.807, 2.05) is 0 Å². The number of hydrogen-bond donors (Lipinski definition) is 0. The fraction of sp³-hybridized carbons (Fsp3) is 0.786. The number of aromatic nitrogens is 3. The normalized spacial score (nSPS) is 18.9. The van der Waals surface area contributed by atoms with E-state index in [0.717, 1.165) is 32.7 Å². The summed E-state index contributed by atoms with van der Waals surface area (Å²) in [5.74, 6) is 1.34. The molecule has 0 atom stereocenters. The Kier molecular flexibility index (Phi) is 4.88. The minimum Gasteiger partial charge on any atom is -0.341 e. The van der Waals surface area contributed by atoms with Crippen LogP contribution in [0.2, 0.25) is 5.28 Å². The number of piperazine rings is 1. The van der Waals surface area contributed by atoms with Crippen LogP contribution in [0, 0.1) is 0 Å². The first-order valence-electron chi connectivity index (χ1n) is 7.50. The van der Waals surface area contributed by atoms with Gasteiger partial charge in [-0.05, 0) is 46.3 Å². The summed E-state index contributed by atoms with van der Waals surface area (Å²) in [6, 6.07) is 0. The van der Waals surface area contributed by atoms with Gasteiger partial charge in [-0.25, -0.2) is 0 Å². The minimum atomic E-state index is 0.0900. The smallest absolute Gasteiger partial charge is 0.231 e. The molecule has 118 valence electrons. The molecule has 1 aliphatic rings. The number of likely N-dealkylation sites (N-methyl/N-ethyl adjacent to an activating group) is 1. The van der Waals surface area contributed by atoms with Gasteiger partial charge in [0.2, 0.25) is 17.2 Å². The molecule has 0 radical (unpaired) electrons. The standard InChI is InChI=1S/C14H25ClN6/c1-6-20(7-2)12-16-11(15)17-13(18-12)21-9-8-19(5)14(3,4)10-21/h6-10H2,1-5H3. The largest absolute Gasteiger partial charge is 0.341 e. The lowest BCUT2D eigenvalue weighted by atomic mass is 10.0. The van der Waals surface area contributed by atoms with Crippen LogP contribution in [0.5, 0.6) is 0 Å². The molecule has 1 fully saturated rings. The van der Waals surface area contributed by atoms with Crippen LogP contribution in [-0.2, 0) is 0 Å². The van der Waals surface area contributed by atoms with Gasteiger partial charge in [0.05, 0.1) is 0 Å². The van der Waals surface area contributed by atoms with E-state index < -0.39 is 0 Å². The van der Waals surface area contributed by atoms with E-state index in [2.05, 4.69) is 64.4 Å². The molecule has 0 N–H and O–H groups in total. The number of hydrogen-bond acceptors (Lipinski definition) is 6. The first-order chi connectivity index (χ1) is 9.87. The van der Waals surface area contributed by atoms with Gasteiger partial charge in [-0.15, -0.1) is 0 Å². The van der Waals surface area contributed by atoms with Crippen molar-refractivity contribution in [2.75, 3.05) is 49.6 Å². The third-order valence-electron chi connectivity index (χ3n) is 4.23. The molecule has 2 heterocycles. The highest BCUT2D eigenvalue weighted by atomic mass is 35.5. The molecule has 1 aromatic rings. The first kappa shape index (κ1) is 16.2. The molecule has 0 saturated carbocycles. The Labute approximate surface area is 132 Å². The van der Waals surface area contributed by atoms with Gasteiger partial charge in [-0.1, -0.05) is 0 Å². The summed E-state index contributed by atoms with van der Waals surface area (Å²) < 4.78 is 0. The van der Waals surface area contributed by atoms with E-state index in [1.54, 1.807) is 0 Å². The van der Waals surface area contributed by atoms with Crippen LogP contribution in [0.3, 0.4) is 0 Å². The predicted molar refractivity (Wildman–Crippen MR) is 87.3 cm³/mol. The van der Waals surface area contributed by atoms with Gasteiger partial charge in [-0.2, -0.15) is 15.0 Å². The molecule has 2 rings (SSSR count). The molecule has 1 aromatic heterocycles. The number of anilines is 2. The van der Waals surface area contributed by atoms with Crippen molar-refractivity contribution in [2.45, 2.75) is 33.2 Å². The second-order valence-corrected chi connectivity index (χ2v) is 6.37. The monoisotopic (exact) mass is 312 g/mol. The molecule has 0 unspecified atom stereocenters. The maximum atomic E-state index is 6.10. The SMILES string of the molecule is CCN(CC)c1nc(Cl)nc(N2CCN(C)C(C)(C)C2)n1. The highest BCUT2D eigenvalue weighted by molar-refractivity contribution is 6.28. The highest BCUT2D eigenvalue weighted by Crippen LogP contribution is 2.24. The van der Waals surface area contributed by atoms with Crippen LogP contribution in [-0.4, -0.2) is 65.2 Å².